The lowest BCUT2D eigenvalue weighted by molar-refractivity contribution is -0.133. The van der Waals surface area contributed by atoms with Crippen molar-refractivity contribution in [3.63, 3.8) is 0 Å². The summed E-state index contributed by atoms with van der Waals surface area (Å²) in [5, 5.41) is 0. The monoisotopic (exact) mass is 430 g/mol. The maximum Gasteiger partial charge on any atom is 0.259 e. The van der Waals surface area contributed by atoms with E-state index in [-0.39, 0.29) is 5.91 Å². The first-order chi connectivity index (χ1) is 14.9. The molecule has 8 nitrogen and oxygen atoms in total. The number of carbonyl (C=O) groups excluding carboxylic acids is 4. The molecule has 0 aromatic carbocycles. The Labute approximate surface area is 184 Å². The van der Waals surface area contributed by atoms with Gasteiger partial charge in [-0.1, -0.05) is 19.8 Å². The molecule has 0 atom stereocenters. The molecule has 1 aromatic heterocycles. The molecular weight excluding hydrogens is 396 g/mol. The van der Waals surface area contributed by atoms with Crippen LogP contribution in [0.5, 0.6) is 0 Å². The average Bonchev–Trinajstić information content (AvgIpc) is 3.41. The Morgan fingerprint density at radius 3 is 2.29 bits per heavy atom. The number of hydrogen-bond acceptors (Lipinski definition) is 5. The van der Waals surface area contributed by atoms with E-state index in [1.807, 2.05) is 11.8 Å². The summed E-state index contributed by atoms with van der Waals surface area (Å²) < 4.78 is 0. The van der Waals surface area contributed by atoms with Crippen molar-refractivity contribution < 1.29 is 19.2 Å². The minimum Gasteiger partial charge on any atom is -0.343 e. The number of imide groups is 1. The van der Waals surface area contributed by atoms with E-state index in [9.17, 15) is 19.2 Å². The fourth-order valence-corrected chi connectivity index (χ4v) is 3.64. The summed E-state index contributed by atoms with van der Waals surface area (Å²) in [7, 11) is 1.55. The van der Waals surface area contributed by atoms with Gasteiger partial charge in [0.1, 0.15) is 5.54 Å². The number of aryl methyl sites for hydroxylation is 1. The number of anilines is 1. The number of carbonyl (C=O) groups is 4. The largest absolute Gasteiger partial charge is 0.343 e. The Balaban J connectivity index is 0.000000245. The molecule has 1 aliphatic heterocycles. The number of likely N-dealkylation sites (N-methyl/N-ethyl adjacent to an activating group) is 1. The van der Waals surface area contributed by atoms with E-state index in [1.54, 1.807) is 19.2 Å². The molecule has 3 rings (SSSR count). The summed E-state index contributed by atoms with van der Waals surface area (Å²) in [4.78, 5) is 54.3. The van der Waals surface area contributed by atoms with Crippen molar-refractivity contribution in [1.82, 2.24) is 14.8 Å². The first-order valence-electron chi connectivity index (χ1n) is 11.1. The SMILES string of the molecule is CCCCCC(=O)N1CCCC1.Cc1ccc(N(C=O)C(=O)C2(N(C)C=O)CC2)cn1. The van der Waals surface area contributed by atoms with Crippen molar-refractivity contribution >= 4 is 30.3 Å². The van der Waals surface area contributed by atoms with E-state index in [0.29, 0.717) is 37.3 Å². The molecule has 0 radical (unpaired) electrons. The number of nitrogens with zero attached hydrogens (tertiary/aromatic N) is 4. The Bertz CT molecular complexity index is 755. The average molecular weight is 431 g/mol. The lowest BCUT2D eigenvalue weighted by atomic mass is 10.2. The highest BCUT2D eigenvalue weighted by atomic mass is 16.2. The highest BCUT2D eigenvalue weighted by molar-refractivity contribution is 6.13. The van der Waals surface area contributed by atoms with Crippen LogP contribution in [0.3, 0.4) is 0 Å². The quantitative estimate of drug-likeness (QED) is 0.444. The lowest BCUT2D eigenvalue weighted by Gasteiger charge is -2.27. The van der Waals surface area contributed by atoms with Crippen LogP contribution in [-0.4, -0.2) is 65.1 Å². The Morgan fingerprint density at radius 2 is 1.81 bits per heavy atom. The lowest BCUT2D eigenvalue weighted by Crippen LogP contribution is -2.48. The van der Waals surface area contributed by atoms with Gasteiger partial charge in [-0.3, -0.25) is 24.2 Å². The molecule has 2 fully saturated rings. The molecule has 1 saturated carbocycles. The van der Waals surface area contributed by atoms with Gasteiger partial charge < -0.3 is 9.80 Å². The molecule has 4 amide bonds. The first kappa shape index (κ1) is 24.5. The normalized spacial score (nSPS) is 16.0. The van der Waals surface area contributed by atoms with Crippen molar-refractivity contribution in [3.05, 3.63) is 24.0 Å². The van der Waals surface area contributed by atoms with Crippen LogP contribution in [0.15, 0.2) is 18.3 Å². The number of aromatic nitrogens is 1. The van der Waals surface area contributed by atoms with Gasteiger partial charge in [-0.05, 0) is 51.2 Å². The van der Waals surface area contributed by atoms with Gasteiger partial charge in [-0.15, -0.1) is 0 Å². The third-order valence-corrected chi connectivity index (χ3v) is 5.91. The van der Waals surface area contributed by atoms with Gasteiger partial charge in [0.2, 0.25) is 18.7 Å². The zero-order chi connectivity index (χ0) is 22.9. The van der Waals surface area contributed by atoms with Crippen molar-refractivity contribution in [2.75, 3.05) is 25.0 Å². The topological polar surface area (TPSA) is 90.9 Å². The Kier molecular flexibility index (Phi) is 9.15. The summed E-state index contributed by atoms with van der Waals surface area (Å²) in [5.74, 6) is -0.0105. The van der Waals surface area contributed by atoms with Gasteiger partial charge in [0, 0.05) is 32.3 Å². The summed E-state index contributed by atoms with van der Waals surface area (Å²) in [6.45, 7) is 6.00. The third-order valence-electron chi connectivity index (χ3n) is 5.91. The molecular formula is C23H34N4O4. The zero-order valence-corrected chi connectivity index (χ0v) is 18.9. The second-order valence-electron chi connectivity index (χ2n) is 8.23. The molecule has 0 unspecified atom stereocenters. The van der Waals surface area contributed by atoms with Crippen molar-refractivity contribution in [2.45, 2.75) is 70.8 Å². The smallest absolute Gasteiger partial charge is 0.259 e. The zero-order valence-electron chi connectivity index (χ0n) is 18.9. The van der Waals surface area contributed by atoms with Crippen LogP contribution in [-0.2, 0) is 19.2 Å². The number of unbranched alkanes of at least 4 members (excludes halogenated alkanes) is 2. The molecule has 0 spiro atoms. The van der Waals surface area contributed by atoms with Crippen molar-refractivity contribution in [2.24, 2.45) is 0 Å². The summed E-state index contributed by atoms with van der Waals surface area (Å²) in [6, 6.07) is 3.38. The standard InChI is InChI=1S/C13H15N3O3.C10H19NO/c1-10-3-4-11(7-14-10)16(9-18)12(19)13(5-6-13)15(2)8-17;1-2-3-4-7-10(12)11-8-5-6-9-11/h3-4,7-9H,5-6H2,1-2H3;2-9H2,1H3. The van der Waals surface area contributed by atoms with Crippen molar-refractivity contribution in [1.29, 1.82) is 0 Å². The van der Waals surface area contributed by atoms with Crippen LogP contribution in [0.1, 0.15) is 64.0 Å². The number of pyridine rings is 1. The van der Waals surface area contributed by atoms with E-state index >= 15 is 0 Å². The molecule has 0 bridgehead atoms. The molecule has 2 heterocycles. The Morgan fingerprint density at radius 1 is 1.13 bits per heavy atom. The molecule has 2 aliphatic rings. The van der Waals surface area contributed by atoms with E-state index in [4.69, 9.17) is 0 Å². The highest BCUT2D eigenvalue weighted by Crippen LogP contribution is 2.42. The molecule has 1 aliphatic carbocycles. The number of amides is 4. The second kappa shape index (κ2) is 11.6. The van der Waals surface area contributed by atoms with Gasteiger partial charge in [-0.25, -0.2) is 4.90 Å². The molecule has 1 aromatic rings. The fraction of sp³-hybridized carbons (Fsp3) is 0.609. The number of rotatable bonds is 9. The van der Waals surface area contributed by atoms with Gasteiger partial charge in [0.25, 0.3) is 5.91 Å². The fourth-order valence-electron chi connectivity index (χ4n) is 3.64. The number of hydrogen-bond donors (Lipinski definition) is 0. The predicted molar refractivity (Wildman–Crippen MR) is 118 cm³/mol. The predicted octanol–water partition coefficient (Wildman–Crippen LogP) is 2.69. The van der Waals surface area contributed by atoms with Gasteiger partial charge in [0.15, 0.2) is 0 Å². The molecule has 31 heavy (non-hydrogen) atoms. The Hall–Kier alpha value is -2.77. The molecule has 8 heteroatoms. The molecule has 170 valence electrons. The maximum absolute atomic E-state index is 12.4. The van der Waals surface area contributed by atoms with Crippen LogP contribution >= 0.6 is 0 Å². The molecule has 0 N–H and O–H groups in total. The first-order valence-corrected chi connectivity index (χ1v) is 11.1. The van der Waals surface area contributed by atoms with Gasteiger partial charge in [-0.2, -0.15) is 0 Å². The van der Waals surface area contributed by atoms with E-state index in [1.165, 1.54) is 36.8 Å². The minimum atomic E-state index is -0.868. The molecule has 1 saturated heterocycles. The van der Waals surface area contributed by atoms with Gasteiger partial charge in [0.05, 0.1) is 11.9 Å². The van der Waals surface area contributed by atoms with Gasteiger partial charge >= 0.3 is 0 Å². The van der Waals surface area contributed by atoms with Crippen LogP contribution in [0.2, 0.25) is 0 Å². The number of likely N-dealkylation sites (tertiary alicyclic amines) is 1. The van der Waals surface area contributed by atoms with E-state index in [0.717, 1.165) is 36.5 Å². The van der Waals surface area contributed by atoms with Crippen LogP contribution in [0.4, 0.5) is 5.69 Å². The highest BCUT2D eigenvalue weighted by Gasteiger charge is 2.55. The summed E-state index contributed by atoms with van der Waals surface area (Å²) in [5.41, 5.74) is 0.345. The summed E-state index contributed by atoms with van der Waals surface area (Å²) >= 11 is 0. The van der Waals surface area contributed by atoms with E-state index < -0.39 is 5.54 Å². The second-order valence-corrected chi connectivity index (χ2v) is 8.23. The van der Waals surface area contributed by atoms with Crippen LogP contribution in [0, 0.1) is 6.92 Å². The summed E-state index contributed by atoms with van der Waals surface area (Å²) in [6.07, 6.45) is 10.4. The maximum atomic E-state index is 12.4. The van der Waals surface area contributed by atoms with Crippen molar-refractivity contribution in [3.8, 4) is 0 Å². The van der Waals surface area contributed by atoms with Crippen LogP contribution in [0.25, 0.3) is 0 Å². The third kappa shape index (κ3) is 6.35. The minimum absolute atomic E-state index is 0.376. The van der Waals surface area contributed by atoms with Crippen LogP contribution < -0.4 is 4.90 Å². The van der Waals surface area contributed by atoms with E-state index in [2.05, 4.69) is 11.9 Å².